The van der Waals surface area contributed by atoms with Gasteiger partial charge in [0, 0.05) is 0 Å². The molecule has 0 atom stereocenters. The first-order valence-electron chi connectivity index (χ1n) is 7.28. The molecule has 0 spiro atoms. The Labute approximate surface area is 113 Å². The van der Waals surface area contributed by atoms with Crippen molar-refractivity contribution in [2.24, 2.45) is 5.92 Å². The molecule has 0 saturated heterocycles. The maximum atomic E-state index is 3.51. The van der Waals surface area contributed by atoms with Crippen molar-refractivity contribution in [1.29, 1.82) is 0 Å². The fourth-order valence-corrected chi connectivity index (χ4v) is 2.25. The van der Waals surface area contributed by atoms with Crippen molar-refractivity contribution in [3.8, 4) is 0 Å². The normalized spacial score (nSPS) is 11.2. The van der Waals surface area contributed by atoms with Gasteiger partial charge in [-0.05, 0) is 81.3 Å². The van der Waals surface area contributed by atoms with Gasteiger partial charge in [-0.25, -0.2) is 0 Å². The average Bonchev–Trinajstić information content (AvgIpc) is 2.29. The first-order chi connectivity index (χ1) is 8.50. The molecule has 1 aromatic rings. The summed E-state index contributed by atoms with van der Waals surface area (Å²) in [5, 5.41) is 3.51. The van der Waals surface area contributed by atoms with Gasteiger partial charge >= 0.3 is 0 Å². The molecule has 0 aliphatic carbocycles. The van der Waals surface area contributed by atoms with E-state index in [2.05, 4.69) is 52.1 Å². The molecule has 1 aromatic carbocycles. The molecule has 1 rings (SSSR count). The summed E-state index contributed by atoms with van der Waals surface area (Å²) < 4.78 is 0. The predicted octanol–water partition coefficient (Wildman–Crippen LogP) is 4.18. The molecule has 0 aliphatic heterocycles. The number of rotatable bonds is 7. The van der Waals surface area contributed by atoms with Gasteiger partial charge in [0.1, 0.15) is 0 Å². The fourth-order valence-electron chi connectivity index (χ4n) is 2.25. The Morgan fingerprint density at radius 1 is 0.944 bits per heavy atom. The second-order valence-electron chi connectivity index (χ2n) is 5.92. The molecular formula is C17H29N. The second kappa shape index (κ2) is 7.58. The van der Waals surface area contributed by atoms with Gasteiger partial charge in [-0.15, -0.1) is 0 Å². The van der Waals surface area contributed by atoms with Crippen LogP contribution in [0.3, 0.4) is 0 Å². The zero-order valence-electron chi connectivity index (χ0n) is 12.8. The lowest BCUT2D eigenvalue weighted by Crippen LogP contribution is -2.20. The molecule has 0 bridgehead atoms. The number of hydrogen-bond donors (Lipinski definition) is 1. The van der Waals surface area contributed by atoms with E-state index in [1.807, 2.05) is 0 Å². The van der Waals surface area contributed by atoms with Crippen molar-refractivity contribution >= 4 is 0 Å². The summed E-state index contributed by atoms with van der Waals surface area (Å²) in [6.07, 6.45) is 3.78. The molecule has 102 valence electrons. The Bertz CT molecular complexity index is 366. The summed E-state index contributed by atoms with van der Waals surface area (Å²) >= 11 is 0. The third-order valence-electron chi connectivity index (χ3n) is 3.55. The SMILES string of the molecule is Cc1cc(C)c(CCCCNCC(C)C)cc1C. The van der Waals surface area contributed by atoms with Crippen LogP contribution in [-0.4, -0.2) is 13.1 Å². The van der Waals surface area contributed by atoms with Crippen molar-refractivity contribution < 1.29 is 0 Å². The minimum atomic E-state index is 0.756. The smallest absolute Gasteiger partial charge is 0.00258 e. The van der Waals surface area contributed by atoms with Gasteiger partial charge < -0.3 is 5.32 Å². The summed E-state index contributed by atoms with van der Waals surface area (Å²) in [6, 6.07) is 4.69. The van der Waals surface area contributed by atoms with Crippen LogP contribution in [0.4, 0.5) is 0 Å². The van der Waals surface area contributed by atoms with Gasteiger partial charge in [0.25, 0.3) is 0 Å². The third kappa shape index (κ3) is 5.22. The maximum absolute atomic E-state index is 3.51. The molecule has 0 saturated carbocycles. The lowest BCUT2D eigenvalue weighted by molar-refractivity contribution is 0.535. The maximum Gasteiger partial charge on any atom is -0.00258 e. The largest absolute Gasteiger partial charge is 0.316 e. The van der Waals surface area contributed by atoms with Crippen molar-refractivity contribution in [2.45, 2.75) is 53.9 Å². The number of hydrogen-bond acceptors (Lipinski definition) is 1. The second-order valence-corrected chi connectivity index (χ2v) is 5.92. The molecule has 0 heterocycles. The van der Waals surface area contributed by atoms with E-state index in [1.54, 1.807) is 0 Å². The molecule has 0 amide bonds. The molecule has 0 radical (unpaired) electrons. The minimum absolute atomic E-state index is 0.756. The first-order valence-corrected chi connectivity index (χ1v) is 7.28. The van der Waals surface area contributed by atoms with Gasteiger partial charge in [0.15, 0.2) is 0 Å². The molecule has 0 fully saturated rings. The Hall–Kier alpha value is -0.820. The standard InChI is InChI=1S/C17H29N/c1-13(2)12-18-9-7-6-8-17-11-15(4)14(3)10-16(17)5/h10-11,13,18H,6-9,12H2,1-5H3. The van der Waals surface area contributed by atoms with Crippen molar-refractivity contribution in [1.82, 2.24) is 5.32 Å². The summed E-state index contributed by atoms with van der Waals surface area (Å²) in [5.74, 6) is 0.756. The van der Waals surface area contributed by atoms with Crippen LogP contribution in [0.15, 0.2) is 12.1 Å². The number of nitrogens with one attached hydrogen (secondary N) is 1. The van der Waals surface area contributed by atoms with E-state index >= 15 is 0 Å². The molecule has 0 aliphatic rings. The zero-order chi connectivity index (χ0) is 13.5. The Balaban J connectivity index is 2.29. The van der Waals surface area contributed by atoms with Gasteiger partial charge in [-0.3, -0.25) is 0 Å². The van der Waals surface area contributed by atoms with E-state index < -0.39 is 0 Å². The summed E-state index contributed by atoms with van der Waals surface area (Å²) in [5.41, 5.74) is 5.82. The third-order valence-corrected chi connectivity index (χ3v) is 3.55. The van der Waals surface area contributed by atoms with E-state index in [0.29, 0.717) is 0 Å². The van der Waals surface area contributed by atoms with Crippen LogP contribution in [0.5, 0.6) is 0 Å². The van der Waals surface area contributed by atoms with Gasteiger partial charge in [0.05, 0.1) is 0 Å². The molecule has 1 nitrogen and oxygen atoms in total. The van der Waals surface area contributed by atoms with Gasteiger partial charge in [-0.1, -0.05) is 26.0 Å². The Morgan fingerprint density at radius 2 is 1.61 bits per heavy atom. The van der Waals surface area contributed by atoms with Crippen molar-refractivity contribution in [3.05, 3.63) is 34.4 Å². The van der Waals surface area contributed by atoms with Crippen LogP contribution >= 0.6 is 0 Å². The lowest BCUT2D eigenvalue weighted by atomic mass is 9.97. The highest BCUT2D eigenvalue weighted by atomic mass is 14.8. The summed E-state index contributed by atoms with van der Waals surface area (Å²) in [4.78, 5) is 0. The van der Waals surface area contributed by atoms with Crippen LogP contribution in [0.1, 0.15) is 48.9 Å². The summed E-state index contributed by atoms with van der Waals surface area (Å²) in [6.45, 7) is 13.4. The molecule has 1 N–H and O–H groups in total. The Morgan fingerprint density at radius 3 is 2.28 bits per heavy atom. The van der Waals surface area contributed by atoms with E-state index in [4.69, 9.17) is 0 Å². The van der Waals surface area contributed by atoms with Crippen LogP contribution in [0.25, 0.3) is 0 Å². The molecule has 1 heteroatoms. The number of benzene rings is 1. The fraction of sp³-hybridized carbons (Fsp3) is 0.647. The van der Waals surface area contributed by atoms with E-state index in [-0.39, 0.29) is 0 Å². The molecular weight excluding hydrogens is 218 g/mol. The highest BCUT2D eigenvalue weighted by molar-refractivity contribution is 5.36. The topological polar surface area (TPSA) is 12.0 Å². The minimum Gasteiger partial charge on any atom is -0.316 e. The number of unbranched alkanes of at least 4 members (excludes halogenated alkanes) is 1. The van der Waals surface area contributed by atoms with E-state index in [0.717, 1.165) is 19.0 Å². The van der Waals surface area contributed by atoms with Gasteiger partial charge in [-0.2, -0.15) is 0 Å². The monoisotopic (exact) mass is 247 g/mol. The molecule has 0 unspecified atom stereocenters. The van der Waals surface area contributed by atoms with E-state index in [9.17, 15) is 0 Å². The molecule has 0 aromatic heterocycles. The number of aryl methyl sites for hydroxylation is 4. The zero-order valence-corrected chi connectivity index (χ0v) is 12.8. The summed E-state index contributed by atoms with van der Waals surface area (Å²) in [7, 11) is 0. The van der Waals surface area contributed by atoms with Crippen LogP contribution < -0.4 is 5.32 Å². The van der Waals surface area contributed by atoms with Crippen LogP contribution in [-0.2, 0) is 6.42 Å². The van der Waals surface area contributed by atoms with Crippen molar-refractivity contribution in [3.63, 3.8) is 0 Å². The Kier molecular flexibility index (Phi) is 6.42. The first kappa shape index (κ1) is 15.2. The van der Waals surface area contributed by atoms with Crippen LogP contribution in [0, 0.1) is 26.7 Å². The molecule has 18 heavy (non-hydrogen) atoms. The average molecular weight is 247 g/mol. The lowest BCUT2D eigenvalue weighted by Gasteiger charge is -2.10. The van der Waals surface area contributed by atoms with Crippen LogP contribution in [0.2, 0.25) is 0 Å². The predicted molar refractivity (Wildman–Crippen MR) is 81.3 cm³/mol. The van der Waals surface area contributed by atoms with Crippen molar-refractivity contribution in [2.75, 3.05) is 13.1 Å². The quantitative estimate of drug-likeness (QED) is 0.713. The highest BCUT2D eigenvalue weighted by Crippen LogP contribution is 2.17. The van der Waals surface area contributed by atoms with Gasteiger partial charge in [0.2, 0.25) is 0 Å². The van der Waals surface area contributed by atoms with E-state index in [1.165, 1.54) is 41.5 Å². The highest BCUT2D eigenvalue weighted by Gasteiger charge is 2.02.